The summed E-state index contributed by atoms with van der Waals surface area (Å²) in [5.41, 5.74) is 0. The maximum Gasteiger partial charge on any atom is -0.0178 e. The summed E-state index contributed by atoms with van der Waals surface area (Å²) >= 11 is 0. The lowest BCUT2D eigenvalue weighted by Gasteiger charge is -2.00. The summed E-state index contributed by atoms with van der Waals surface area (Å²) in [5, 5.41) is 5.25. The summed E-state index contributed by atoms with van der Waals surface area (Å²) in [6.07, 6.45) is 0. The Kier molecular flexibility index (Phi) is 2.61. The molecule has 3 aromatic rings. The normalized spacial score (nSPS) is 10.1. The molecule has 0 amide bonds. The number of rotatable bonds is 0. The van der Waals surface area contributed by atoms with Crippen LogP contribution in [0.25, 0.3) is 21.5 Å². The maximum atomic E-state index is 2.24. The molecule has 0 aliphatic carbocycles. The van der Waals surface area contributed by atoms with Crippen LogP contribution in [0.4, 0.5) is 0 Å². The molecule has 15 heavy (non-hydrogen) atoms. The quantitative estimate of drug-likeness (QED) is 0.486. The fraction of sp³-hybridized carbons (Fsp3) is 0. The minimum Gasteiger partial charge on any atom is -0.147 e. The molecule has 0 heterocycles. The molecular formula is C14H11Cl. The van der Waals surface area contributed by atoms with Gasteiger partial charge in [-0.05, 0) is 33.7 Å². The lowest BCUT2D eigenvalue weighted by molar-refractivity contribution is 1.76. The highest BCUT2D eigenvalue weighted by Gasteiger charge is 1.95. The third kappa shape index (κ3) is 1.69. The van der Waals surface area contributed by atoms with Crippen LogP contribution >= 0.6 is 12.4 Å². The molecule has 0 spiro atoms. The van der Waals surface area contributed by atoms with Crippen LogP contribution in [0.3, 0.4) is 0 Å². The zero-order valence-electron chi connectivity index (χ0n) is 8.18. The van der Waals surface area contributed by atoms with E-state index in [-0.39, 0.29) is 12.4 Å². The van der Waals surface area contributed by atoms with Crippen LogP contribution < -0.4 is 0 Å². The molecule has 0 radical (unpaired) electrons. The van der Waals surface area contributed by atoms with Gasteiger partial charge in [0.25, 0.3) is 0 Å². The van der Waals surface area contributed by atoms with Crippen molar-refractivity contribution in [2.24, 2.45) is 0 Å². The van der Waals surface area contributed by atoms with Crippen molar-refractivity contribution >= 4 is 34.0 Å². The van der Waals surface area contributed by atoms with Crippen LogP contribution in [0.15, 0.2) is 60.7 Å². The summed E-state index contributed by atoms with van der Waals surface area (Å²) in [7, 11) is 0. The van der Waals surface area contributed by atoms with E-state index < -0.39 is 0 Å². The van der Waals surface area contributed by atoms with Gasteiger partial charge < -0.3 is 0 Å². The summed E-state index contributed by atoms with van der Waals surface area (Å²) in [5.74, 6) is 0. The second-order valence-corrected chi connectivity index (χ2v) is 3.55. The van der Waals surface area contributed by atoms with Crippen molar-refractivity contribution in [3.8, 4) is 0 Å². The first-order valence-electron chi connectivity index (χ1n) is 4.81. The minimum atomic E-state index is 0. The van der Waals surface area contributed by atoms with Gasteiger partial charge >= 0.3 is 0 Å². The molecule has 3 aromatic carbocycles. The predicted molar refractivity (Wildman–Crippen MR) is 68.7 cm³/mol. The van der Waals surface area contributed by atoms with E-state index in [2.05, 4.69) is 60.7 Å². The van der Waals surface area contributed by atoms with Gasteiger partial charge in [0, 0.05) is 0 Å². The second-order valence-electron chi connectivity index (χ2n) is 3.55. The predicted octanol–water partition coefficient (Wildman–Crippen LogP) is 4.41. The largest absolute Gasteiger partial charge is 0.147 e. The average molecular weight is 215 g/mol. The Labute approximate surface area is 94.9 Å². The van der Waals surface area contributed by atoms with E-state index in [1.54, 1.807) is 0 Å². The first-order chi connectivity index (χ1) is 6.93. The van der Waals surface area contributed by atoms with Crippen molar-refractivity contribution in [1.29, 1.82) is 0 Å². The first kappa shape index (κ1) is 10.0. The number of benzene rings is 3. The van der Waals surface area contributed by atoms with E-state index >= 15 is 0 Å². The highest BCUT2D eigenvalue weighted by molar-refractivity contribution is 5.98. The van der Waals surface area contributed by atoms with E-state index in [0.29, 0.717) is 0 Å². The number of fused-ring (bicyclic) bond motifs is 2. The summed E-state index contributed by atoms with van der Waals surface area (Å²) in [4.78, 5) is 0. The molecule has 74 valence electrons. The summed E-state index contributed by atoms with van der Waals surface area (Å²) < 4.78 is 0. The zero-order valence-corrected chi connectivity index (χ0v) is 9.00. The van der Waals surface area contributed by atoms with Crippen molar-refractivity contribution in [3.63, 3.8) is 0 Å². The molecule has 0 saturated carbocycles. The Morgan fingerprint density at radius 3 is 1.00 bits per heavy atom. The Morgan fingerprint density at radius 1 is 0.467 bits per heavy atom. The topological polar surface area (TPSA) is 0 Å². The standard InChI is InChI=1S/C14H10.ClH/c1-2-6-12-10-14-8-4-3-7-13(14)9-11(12)5-1;/h1-10H;1H. The van der Waals surface area contributed by atoms with Gasteiger partial charge in [-0.3, -0.25) is 0 Å². The average Bonchev–Trinajstić information content (AvgIpc) is 2.26. The van der Waals surface area contributed by atoms with Crippen molar-refractivity contribution in [1.82, 2.24) is 0 Å². The summed E-state index contributed by atoms with van der Waals surface area (Å²) in [6, 6.07) is 21.4. The van der Waals surface area contributed by atoms with E-state index in [4.69, 9.17) is 0 Å². The van der Waals surface area contributed by atoms with Crippen LogP contribution in [0, 0.1) is 0 Å². The molecule has 0 bridgehead atoms. The Bertz CT molecular complexity index is 494. The molecule has 0 nitrogen and oxygen atoms in total. The molecule has 1 heteroatoms. The third-order valence-electron chi connectivity index (χ3n) is 2.61. The second kappa shape index (κ2) is 3.92. The van der Waals surface area contributed by atoms with E-state index in [9.17, 15) is 0 Å². The monoisotopic (exact) mass is 214 g/mol. The molecule has 0 aliphatic heterocycles. The van der Waals surface area contributed by atoms with Crippen LogP contribution in [-0.2, 0) is 0 Å². The zero-order chi connectivity index (χ0) is 9.38. The lowest BCUT2D eigenvalue weighted by atomic mass is 10.0. The smallest absolute Gasteiger partial charge is 0.0178 e. The Balaban J connectivity index is 0.000000853. The molecule has 0 aliphatic rings. The van der Waals surface area contributed by atoms with Gasteiger partial charge in [-0.2, -0.15) is 0 Å². The van der Waals surface area contributed by atoms with Crippen molar-refractivity contribution in [2.45, 2.75) is 0 Å². The number of hydrogen-bond acceptors (Lipinski definition) is 0. The van der Waals surface area contributed by atoms with Gasteiger partial charge in [0.15, 0.2) is 0 Å². The molecule has 3 rings (SSSR count). The van der Waals surface area contributed by atoms with Crippen LogP contribution in [0.5, 0.6) is 0 Å². The fourth-order valence-electron chi connectivity index (χ4n) is 1.88. The molecule has 0 N–H and O–H groups in total. The lowest BCUT2D eigenvalue weighted by Crippen LogP contribution is -1.74. The van der Waals surface area contributed by atoms with Crippen molar-refractivity contribution < 1.29 is 0 Å². The van der Waals surface area contributed by atoms with Gasteiger partial charge in [0.05, 0.1) is 0 Å². The van der Waals surface area contributed by atoms with Crippen LogP contribution in [0.2, 0.25) is 0 Å². The molecular weight excluding hydrogens is 204 g/mol. The number of halogens is 1. The summed E-state index contributed by atoms with van der Waals surface area (Å²) in [6.45, 7) is 0. The van der Waals surface area contributed by atoms with Gasteiger partial charge in [0.2, 0.25) is 0 Å². The highest BCUT2D eigenvalue weighted by atomic mass is 35.5. The van der Waals surface area contributed by atoms with Gasteiger partial charge in [-0.15, -0.1) is 12.4 Å². The Hall–Kier alpha value is -1.53. The van der Waals surface area contributed by atoms with Gasteiger partial charge in [-0.25, -0.2) is 0 Å². The maximum absolute atomic E-state index is 2.24. The van der Waals surface area contributed by atoms with Gasteiger partial charge in [0.1, 0.15) is 0 Å². The SMILES string of the molecule is Cl.c1ccc2cc3ccccc3cc2c1. The Morgan fingerprint density at radius 2 is 0.733 bits per heavy atom. The first-order valence-corrected chi connectivity index (χ1v) is 4.81. The molecule has 0 saturated heterocycles. The third-order valence-corrected chi connectivity index (χ3v) is 2.61. The van der Waals surface area contributed by atoms with Gasteiger partial charge in [-0.1, -0.05) is 48.5 Å². The highest BCUT2D eigenvalue weighted by Crippen LogP contribution is 2.21. The fourth-order valence-corrected chi connectivity index (χ4v) is 1.88. The van der Waals surface area contributed by atoms with E-state index in [1.807, 2.05) is 0 Å². The number of hydrogen-bond donors (Lipinski definition) is 0. The molecule has 0 fully saturated rings. The molecule has 0 unspecified atom stereocenters. The van der Waals surface area contributed by atoms with E-state index in [0.717, 1.165) is 0 Å². The van der Waals surface area contributed by atoms with Crippen LogP contribution in [-0.4, -0.2) is 0 Å². The van der Waals surface area contributed by atoms with Crippen LogP contribution in [0.1, 0.15) is 0 Å². The van der Waals surface area contributed by atoms with E-state index in [1.165, 1.54) is 21.5 Å². The minimum absolute atomic E-state index is 0. The van der Waals surface area contributed by atoms with Crippen molar-refractivity contribution in [2.75, 3.05) is 0 Å². The molecule has 0 aromatic heterocycles. The molecule has 0 atom stereocenters. The van der Waals surface area contributed by atoms with Crippen molar-refractivity contribution in [3.05, 3.63) is 60.7 Å².